The predicted octanol–water partition coefficient (Wildman–Crippen LogP) is 2.90. The second-order valence-corrected chi connectivity index (χ2v) is 5.29. The van der Waals surface area contributed by atoms with E-state index in [1.807, 2.05) is 12.1 Å². The molecule has 0 saturated heterocycles. The maximum absolute atomic E-state index is 12.2. The van der Waals surface area contributed by atoms with E-state index in [-0.39, 0.29) is 10.7 Å². The summed E-state index contributed by atoms with van der Waals surface area (Å²) >= 11 is 0. The molecular weight excluding hydrogens is 360 g/mol. The van der Waals surface area contributed by atoms with Crippen molar-refractivity contribution < 1.29 is 24.7 Å². The van der Waals surface area contributed by atoms with Gasteiger partial charge >= 0.3 is 5.69 Å². The first-order valence-electron chi connectivity index (χ1n) is 7.39. The summed E-state index contributed by atoms with van der Waals surface area (Å²) in [4.78, 5) is 36.7. The summed E-state index contributed by atoms with van der Waals surface area (Å²) in [7, 11) is 0. The molecule has 11 heteroatoms. The number of anilines is 1. The molecule has 0 fully saturated rings. The fourth-order valence-corrected chi connectivity index (χ4v) is 2.31. The second-order valence-electron chi connectivity index (χ2n) is 5.29. The number of nitro groups is 2. The first-order chi connectivity index (χ1) is 12.9. The summed E-state index contributed by atoms with van der Waals surface area (Å²) in [6, 6.07) is 8.31. The molecule has 0 bridgehead atoms. The molecule has 27 heavy (non-hydrogen) atoms. The average Bonchev–Trinajstić information content (AvgIpc) is 2.84. The molecule has 2 aromatic rings. The van der Waals surface area contributed by atoms with Crippen LogP contribution in [0.4, 0.5) is 22.7 Å². The fraction of sp³-hybridized carbons (Fsp3) is 0. The molecule has 0 atom stereocenters. The fourth-order valence-electron chi connectivity index (χ4n) is 2.31. The van der Waals surface area contributed by atoms with Gasteiger partial charge < -0.3 is 10.4 Å². The summed E-state index contributed by atoms with van der Waals surface area (Å²) < 4.78 is 0. The molecule has 11 nitrogen and oxygen atoms in total. The molecule has 0 unspecified atom stereocenters. The monoisotopic (exact) mass is 370 g/mol. The highest BCUT2D eigenvalue weighted by Crippen LogP contribution is 2.37. The zero-order valence-electron chi connectivity index (χ0n) is 13.4. The third-order valence-corrected chi connectivity index (χ3v) is 3.58. The van der Waals surface area contributed by atoms with Crippen LogP contribution in [0.5, 0.6) is 5.75 Å². The van der Waals surface area contributed by atoms with Crippen molar-refractivity contribution in [2.75, 3.05) is 5.32 Å². The van der Waals surface area contributed by atoms with Crippen LogP contribution in [-0.4, -0.2) is 14.8 Å². The number of nitro benzene ring substituents is 2. The van der Waals surface area contributed by atoms with Gasteiger partial charge in [0.05, 0.1) is 38.8 Å². The molecule has 0 aromatic heterocycles. The van der Waals surface area contributed by atoms with Gasteiger partial charge in [0, 0.05) is 5.69 Å². The zero-order valence-corrected chi connectivity index (χ0v) is 13.4. The maximum atomic E-state index is 12.2. The third-order valence-electron chi connectivity index (χ3n) is 3.58. The Morgan fingerprint density at radius 3 is 2.33 bits per heavy atom. The van der Waals surface area contributed by atoms with Gasteiger partial charge in [0.15, 0.2) is 0 Å². The maximum Gasteiger partial charge on any atom is 0.323 e. The number of allylic oxidation sites excluding steroid dienone is 1. The van der Waals surface area contributed by atoms with Crippen LogP contribution in [0.2, 0.25) is 0 Å². The van der Waals surface area contributed by atoms with Gasteiger partial charge in [-0.05, 0) is 23.8 Å². The Labute approximate surface area is 150 Å². The number of nitrogens with one attached hydrogen (secondary N) is 1. The van der Waals surface area contributed by atoms with Crippen LogP contribution < -0.4 is 10.4 Å². The molecule has 0 radical (unpaired) electrons. The number of fused-ring (bicyclic) bond motifs is 1. The lowest BCUT2D eigenvalue weighted by molar-refractivity contribution is -0.730. The first kappa shape index (κ1) is 17.5. The largest absolute Gasteiger partial charge is 0.863 e. The van der Waals surface area contributed by atoms with Crippen LogP contribution in [-0.2, 0) is 4.84 Å². The van der Waals surface area contributed by atoms with Gasteiger partial charge in [-0.25, -0.2) is 0 Å². The highest BCUT2D eigenvalue weighted by molar-refractivity contribution is 5.70. The summed E-state index contributed by atoms with van der Waals surface area (Å²) in [5.74, 6) is -1.31. The van der Waals surface area contributed by atoms with Gasteiger partial charge in [-0.1, -0.05) is 18.2 Å². The average molecular weight is 370 g/mol. The van der Waals surface area contributed by atoms with Crippen molar-refractivity contribution in [2.24, 2.45) is 0 Å². The number of nitrogens with zero attached hydrogens (tertiary/aromatic N) is 3. The van der Waals surface area contributed by atoms with Crippen molar-refractivity contribution in [3.63, 3.8) is 0 Å². The highest BCUT2D eigenvalue weighted by Gasteiger charge is 2.30. The number of benzene rings is 2. The van der Waals surface area contributed by atoms with Crippen LogP contribution in [0.25, 0.3) is 6.08 Å². The van der Waals surface area contributed by atoms with Crippen LogP contribution >= 0.6 is 0 Å². The standard InChI is InChI=1S/C16H10N4O7/c21-16-14(19(24)25)7-11(18(22)23)8-15(16)20(26)27-12-6-5-10-3-1-2-4-13(10)17-9-12/h1-9,17H. The SMILES string of the molecule is O=[N+]([O-])c1cc([N+](=O)[O-])c([O-])c([N+](=O)OC2=CNc3ccccc3C=C2)c1. The molecule has 0 saturated carbocycles. The number of hydrogen-bond acceptors (Lipinski definition) is 8. The number of non-ortho nitro benzene ring substituents is 1. The molecule has 1 heterocycles. The van der Waals surface area contributed by atoms with E-state index in [0.29, 0.717) is 12.1 Å². The van der Waals surface area contributed by atoms with Crippen molar-refractivity contribution in [2.45, 2.75) is 0 Å². The van der Waals surface area contributed by atoms with E-state index >= 15 is 0 Å². The van der Waals surface area contributed by atoms with Crippen LogP contribution in [0.3, 0.4) is 0 Å². The van der Waals surface area contributed by atoms with Gasteiger partial charge in [0.1, 0.15) is 0 Å². The van der Waals surface area contributed by atoms with Crippen molar-refractivity contribution in [1.82, 2.24) is 0 Å². The molecule has 1 aliphatic heterocycles. The van der Waals surface area contributed by atoms with Gasteiger partial charge in [0.25, 0.3) is 16.3 Å². The van der Waals surface area contributed by atoms with E-state index in [4.69, 9.17) is 4.84 Å². The third kappa shape index (κ3) is 3.56. The quantitative estimate of drug-likeness (QED) is 0.623. The lowest BCUT2D eigenvalue weighted by Gasteiger charge is -2.06. The minimum atomic E-state index is -1.30. The summed E-state index contributed by atoms with van der Waals surface area (Å²) in [5.41, 5.74) is -1.22. The second kappa shape index (κ2) is 6.92. The molecular formula is C16H10N4O7. The van der Waals surface area contributed by atoms with Crippen molar-refractivity contribution in [3.05, 3.63) is 85.1 Å². The van der Waals surface area contributed by atoms with E-state index in [0.717, 1.165) is 11.3 Å². The molecule has 1 N–H and O–H groups in total. The van der Waals surface area contributed by atoms with Gasteiger partial charge in [-0.15, -0.1) is 0 Å². The summed E-state index contributed by atoms with van der Waals surface area (Å²) in [5, 5.41) is 36.8. The molecule has 2 aromatic carbocycles. The minimum Gasteiger partial charge on any atom is -0.863 e. The van der Waals surface area contributed by atoms with Crippen molar-refractivity contribution >= 4 is 28.8 Å². The Morgan fingerprint density at radius 1 is 0.926 bits per heavy atom. The molecule has 3 rings (SSSR count). The van der Waals surface area contributed by atoms with Crippen molar-refractivity contribution in [3.8, 4) is 5.75 Å². The number of para-hydroxylation sites is 1. The van der Waals surface area contributed by atoms with Crippen LogP contribution in [0, 0.1) is 25.1 Å². The predicted molar refractivity (Wildman–Crippen MR) is 90.8 cm³/mol. The minimum absolute atomic E-state index is 0.0187. The van der Waals surface area contributed by atoms with E-state index in [1.165, 1.54) is 12.3 Å². The Bertz CT molecular complexity index is 1030. The molecule has 0 aliphatic carbocycles. The van der Waals surface area contributed by atoms with Gasteiger partial charge in [-0.3, -0.25) is 20.2 Å². The van der Waals surface area contributed by atoms with Crippen LogP contribution in [0.15, 0.2) is 54.4 Å². The van der Waals surface area contributed by atoms with Gasteiger partial charge in [-0.2, -0.15) is 4.84 Å². The Kier molecular flexibility index (Phi) is 4.49. The normalized spacial score (nSPS) is 12.2. The van der Waals surface area contributed by atoms with E-state index < -0.39 is 32.7 Å². The Balaban J connectivity index is 1.92. The van der Waals surface area contributed by atoms with Crippen molar-refractivity contribution in [1.29, 1.82) is 0 Å². The first-order valence-corrected chi connectivity index (χ1v) is 7.39. The summed E-state index contributed by atoms with van der Waals surface area (Å²) in [6.45, 7) is 0. The zero-order chi connectivity index (χ0) is 19.6. The van der Waals surface area contributed by atoms with E-state index in [2.05, 4.69) is 5.32 Å². The molecule has 0 spiro atoms. The number of hydrogen-bond donors (Lipinski definition) is 1. The van der Waals surface area contributed by atoms with E-state index in [9.17, 15) is 30.2 Å². The topological polar surface area (TPSA) is 151 Å². The van der Waals surface area contributed by atoms with Crippen LogP contribution in [0.1, 0.15) is 5.56 Å². The lowest BCUT2D eigenvalue weighted by Crippen LogP contribution is -2.09. The lowest BCUT2D eigenvalue weighted by atomic mass is 10.2. The molecule has 136 valence electrons. The molecule has 0 amide bonds. The van der Waals surface area contributed by atoms with E-state index in [1.54, 1.807) is 18.2 Å². The highest BCUT2D eigenvalue weighted by atomic mass is 16.8. The Hall–Kier alpha value is -4.28. The summed E-state index contributed by atoms with van der Waals surface area (Å²) in [6.07, 6.45) is 4.41. The van der Waals surface area contributed by atoms with Gasteiger partial charge in [0.2, 0.25) is 5.76 Å². The smallest absolute Gasteiger partial charge is 0.323 e. The Morgan fingerprint density at radius 2 is 1.63 bits per heavy atom. The molecule has 1 aliphatic rings. The number of rotatable bonds is 5.